The van der Waals surface area contributed by atoms with Crippen molar-refractivity contribution in [3.8, 4) is 0 Å². The van der Waals surface area contributed by atoms with Crippen LogP contribution in [-0.2, 0) is 4.74 Å². The Kier molecular flexibility index (Phi) is 5.22. The molecule has 3 heterocycles. The van der Waals surface area contributed by atoms with Crippen molar-refractivity contribution >= 4 is 11.6 Å². The molecule has 3 aliphatic heterocycles. The van der Waals surface area contributed by atoms with E-state index in [9.17, 15) is 4.79 Å². The van der Waals surface area contributed by atoms with E-state index in [1.54, 1.807) is 0 Å². The predicted octanol–water partition coefficient (Wildman–Crippen LogP) is 2.22. The Morgan fingerprint density at radius 1 is 0.920 bits per heavy atom. The van der Waals surface area contributed by atoms with Crippen molar-refractivity contribution in [2.45, 2.75) is 31.7 Å². The molecule has 0 unspecified atom stereocenters. The molecule has 1 aromatic rings. The summed E-state index contributed by atoms with van der Waals surface area (Å²) >= 11 is 0. The molecule has 136 valence electrons. The maximum absolute atomic E-state index is 13.1. The predicted molar refractivity (Wildman–Crippen MR) is 99.2 cm³/mol. The molecule has 0 radical (unpaired) electrons. The zero-order valence-electron chi connectivity index (χ0n) is 15.0. The van der Waals surface area contributed by atoms with E-state index in [0.29, 0.717) is 6.04 Å². The summed E-state index contributed by atoms with van der Waals surface area (Å²) in [7, 11) is 0. The van der Waals surface area contributed by atoms with E-state index < -0.39 is 0 Å². The number of hydrogen-bond donors (Lipinski definition) is 0. The Labute approximate surface area is 150 Å². The molecule has 0 spiro atoms. The third kappa shape index (κ3) is 3.67. The van der Waals surface area contributed by atoms with E-state index in [1.807, 2.05) is 18.2 Å². The quantitative estimate of drug-likeness (QED) is 0.843. The van der Waals surface area contributed by atoms with Crippen molar-refractivity contribution in [1.29, 1.82) is 0 Å². The number of carbonyl (C=O) groups excluding carboxylic acids is 1. The lowest BCUT2D eigenvalue weighted by Gasteiger charge is -2.37. The normalized spacial score (nSPS) is 23.2. The van der Waals surface area contributed by atoms with Gasteiger partial charge >= 0.3 is 0 Å². The number of anilines is 1. The Balaban J connectivity index is 1.43. The minimum Gasteiger partial charge on any atom is -0.378 e. The van der Waals surface area contributed by atoms with Gasteiger partial charge in [0.15, 0.2) is 0 Å². The minimum absolute atomic E-state index is 0.196. The molecule has 0 saturated carbocycles. The highest BCUT2D eigenvalue weighted by Gasteiger charge is 2.30. The van der Waals surface area contributed by atoms with Crippen LogP contribution in [0.3, 0.4) is 0 Å². The summed E-state index contributed by atoms with van der Waals surface area (Å²) in [6.45, 7) is 7.47. The van der Waals surface area contributed by atoms with Gasteiger partial charge in [-0.1, -0.05) is 12.1 Å². The summed E-state index contributed by atoms with van der Waals surface area (Å²) in [5.41, 5.74) is 1.92. The highest BCUT2D eigenvalue weighted by molar-refractivity contribution is 5.99. The van der Waals surface area contributed by atoms with Crippen LogP contribution in [0.25, 0.3) is 0 Å². The highest BCUT2D eigenvalue weighted by atomic mass is 16.5. The number of ether oxygens (including phenoxy) is 1. The summed E-state index contributed by atoms with van der Waals surface area (Å²) < 4.78 is 5.46. The second-order valence-corrected chi connectivity index (χ2v) is 7.38. The van der Waals surface area contributed by atoms with E-state index >= 15 is 0 Å². The van der Waals surface area contributed by atoms with E-state index in [1.165, 1.54) is 25.9 Å². The molecule has 25 heavy (non-hydrogen) atoms. The van der Waals surface area contributed by atoms with Crippen molar-refractivity contribution in [3.05, 3.63) is 29.8 Å². The molecule has 5 heteroatoms. The van der Waals surface area contributed by atoms with Crippen LogP contribution in [-0.4, -0.2) is 74.2 Å². The average Bonchev–Trinajstić information content (AvgIpc) is 3.23. The van der Waals surface area contributed by atoms with Gasteiger partial charge in [0, 0.05) is 37.9 Å². The fourth-order valence-electron chi connectivity index (χ4n) is 4.45. The zero-order chi connectivity index (χ0) is 17.1. The van der Waals surface area contributed by atoms with Crippen LogP contribution in [0.5, 0.6) is 0 Å². The highest BCUT2D eigenvalue weighted by Crippen LogP contribution is 2.26. The number of piperidine rings is 1. The summed E-state index contributed by atoms with van der Waals surface area (Å²) in [6, 6.07) is 8.76. The zero-order valence-corrected chi connectivity index (χ0v) is 15.0. The number of morpholine rings is 1. The van der Waals surface area contributed by atoms with Crippen LogP contribution in [0.15, 0.2) is 24.3 Å². The average molecular weight is 343 g/mol. The second kappa shape index (κ2) is 7.75. The number of nitrogens with zero attached hydrogens (tertiary/aromatic N) is 3. The number of rotatable bonds is 3. The van der Waals surface area contributed by atoms with Crippen LogP contribution in [0, 0.1) is 0 Å². The number of likely N-dealkylation sites (tertiary alicyclic amines) is 2. The Bertz CT molecular complexity index is 586. The molecule has 3 fully saturated rings. The third-order valence-electron chi connectivity index (χ3n) is 5.89. The number of carbonyl (C=O) groups is 1. The molecule has 4 rings (SSSR count). The Morgan fingerprint density at radius 2 is 1.60 bits per heavy atom. The van der Waals surface area contributed by atoms with Crippen LogP contribution in [0.2, 0.25) is 0 Å². The van der Waals surface area contributed by atoms with E-state index in [4.69, 9.17) is 4.74 Å². The maximum Gasteiger partial charge on any atom is 0.255 e. The largest absolute Gasteiger partial charge is 0.378 e. The van der Waals surface area contributed by atoms with Crippen molar-refractivity contribution in [2.24, 2.45) is 0 Å². The molecule has 5 nitrogen and oxygen atoms in total. The lowest BCUT2D eigenvalue weighted by atomic mass is 10.0. The maximum atomic E-state index is 13.1. The van der Waals surface area contributed by atoms with Crippen LogP contribution in [0.4, 0.5) is 5.69 Å². The molecule has 3 aliphatic rings. The van der Waals surface area contributed by atoms with Gasteiger partial charge in [-0.25, -0.2) is 0 Å². The Morgan fingerprint density at radius 3 is 2.32 bits per heavy atom. The Hall–Kier alpha value is -1.59. The molecule has 0 aromatic heterocycles. The van der Waals surface area contributed by atoms with Crippen LogP contribution in [0.1, 0.15) is 36.0 Å². The lowest BCUT2D eigenvalue weighted by Crippen LogP contribution is -2.46. The van der Waals surface area contributed by atoms with E-state index in [-0.39, 0.29) is 5.91 Å². The minimum atomic E-state index is 0.196. The monoisotopic (exact) mass is 343 g/mol. The molecule has 3 saturated heterocycles. The van der Waals surface area contributed by atoms with Gasteiger partial charge in [-0.3, -0.25) is 4.79 Å². The smallest absolute Gasteiger partial charge is 0.255 e. The molecular weight excluding hydrogens is 314 g/mol. The molecule has 0 aliphatic carbocycles. The number of para-hydroxylation sites is 1. The number of benzene rings is 1. The van der Waals surface area contributed by atoms with E-state index in [0.717, 1.165) is 63.5 Å². The van der Waals surface area contributed by atoms with E-state index in [2.05, 4.69) is 20.8 Å². The second-order valence-electron chi connectivity index (χ2n) is 7.38. The summed E-state index contributed by atoms with van der Waals surface area (Å²) in [5.74, 6) is 0.196. The van der Waals surface area contributed by atoms with Gasteiger partial charge < -0.3 is 19.4 Å². The number of hydrogen-bond acceptors (Lipinski definition) is 4. The first-order chi connectivity index (χ1) is 12.3. The molecular formula is C20H29N3O2. The standard InChI is InChI=1S/C20H29N3O2/c24-20(23-11-7-17(8-12-23)21-9-3-4-10-21)18-5-1-2-6-19(18)22-13-15-25-16-14-22/h1-2,5-6,17H,3-4,7-16H2. The fraction of sp³-hybridized carbons (Fsp3) is 0.650. The van der Waals surface area contributed by atoms with Crippen molar-refractivity contribution in [2.75, 3.05) is 57.4 Å². The first-order valence-electron chi connectivity index (χ1n) is 9.78. The molecule has 0 atom stereocenters. The summed E-state index contributed by atoms with van der Waals surface area (Å²) in [4.78, 5) is 20.1. The van der Waals surface area contributed by atoms with Gasteiger partial charge in [0.2, 0.25) is 0 Å². The van der Waals surface area contributed by atoms with Crippen molar-refractivity contribution < 1.29 is 9.53 Å². The van der Waals surface area contributed by atoms with Crippen LogP contribution < -0.4 is 4.90 Å². The van der Waals surface area contributed by atoms with Gasteiger partial charge in [-0.15, -0.1) is 0 Å². The first kappa shape index (κ1) is 16.9. The fourth-order valence-corrected chi connectivity index (χ4v) is 4.45. The van der Waals surface area contributed by atoms with Gasteiger partial charge in [-0.05, 0) is 50.9 Å². The molecule has 0 bridgehead atoms. The SMILES string of the molecule is O=C(c1ccccc1N1CCOCC1)N1CCC(N2CCCC2)CC1. The molecule has 0 N–H and O–H groups in total. The summed E-state index contributed by atoms with van der Waals surface area (Å²) in [6.07, 6.45) is 4.91. The van der Waals surface area contributed by atoms with Gasteiger partial charge in [-0.2, -0.15) is 0 Å². The molecule has 1 amide bonds. The third-order valence-corrected chi connectivity index (χ3v) is 5.89. The van der Waals surface area contributed by atoms with Gasteiger partial charge in [0.05, 0.1) is 18.8 Å². The first-order valence-corrected chi connectivity index (χ1v) is 9.78. The lowest BCUT2D eigenvalue weighted by molar-refractivity contribution is 0.0644. The molecule has 1 aromatic carbocycles. The summed E-state index contributed by atoms with van der Waals surface area (Å²) in [5, 5.41) is 0. The number of amides is 1. The van der Waals surface area contributed by atoms with Gasteiger partial charge in [0.1, 0.15) is 0 Å². The van der Waals surface area contributed by atoms with Crippen LogP contribution >= 0.6 is 0 Å². The van der Waals surface area contributed by atoms with Crippen molar-refractivity contribution in [1.82, 2.24) is 9.80 Å². The van der Waals surface area contributed by atoms with Crippen molar-refractivity contribution in [3.63, 3.8) is 0 Å². The van der Waals surface area contributed by atoms with Gasteiger partial charge in [0.25, 0.3) is 5.91 Å². The topological polar surface area (TPSA) is 36.0 Å².